The maximum atomic E-state index is 13.3. The van der Waals surface area contributed by atoms with E-state index in [4.69, 9.17) is 9.73 Å². The summed E-state index contributed by atoms with van der Waals surface area (Å²) in [5.74, 6) is 0.703. The Morgan fingerprint density at radius 1 is 1.03 bits per heavy atom. The van der Waals surface area contributed by atoms with E-state index in [9.17, 15) is 13.2 Å². The lowest BCUT2D eigenvalue weighted by molar-refractivity contribution is 0.0730. The number of carbonyl (C=O) groups excluding carboxylic acids is 1. The van der Waals surface area contributed by atoms with Crippen LogP contribution in [-0.4, -0.2) is 73.8 Å². The SMILES string of the molecule is O=C(c1cccc(S(=O)(=O)N2CCOCC2)c1)N1CCCSC1=NCCc1ccccc1. The smallest absolute Gasteiger partial charge is 0.259 e. The third kappa shape index (κ3) is 5.40. The number of carbonyl (C=O) groups is 1. The molecular weight excluding hydrogens is 446 g/mol. The van der Waals surface area contributed by atoms with Crippen LogP contribution in [0.5, 0.6) is 0 Å². The highest BCUT2D eigenvalue weighted by molar-refractivity contribution is 8.13. The monoisotopic (exact) mass is 473 g/mol. The van der Waals surface area contributed by atoms with Gasteiger partial charge in [0.2, 0.25) is 10.0 Å². The molecule has 7 nitrogen and oxygen atoms in total. The van der Waals surface area contributed by atoms with Crippen LogP contribution < -0.4 is 0 Å². The summed E-state index contributed by atoms with van der Waals surface area (Å²) < 4.78 is 32.7. The Morgan fingerprint density at radius 3 is 2.59 bits per heavy atom. The lowest BCUT2D eigenvalue weighted by Crippen LogP contribution is -2.41. The first-order valence-electron chi connectivity index (χ1n) is 10.8. The Kier molecular flexibility index (Phi) is 7.62. The number of ether oxygens (including phenoxy) is 1. The van der Waals surface area contributed by atoms with Gasteiger partial charge in [-0.05, 0) is 36.6 Å². The molecule has 0 saturated carbocycles. The third-order valence-corrected chi connectivity index (χ3v) is 8.41. The molecule has 0 radical (unpaired) electrons. The summed E-state index contributed by atoms with van der Waals surface area (Å²) in [6.07, 6.45) is 1.68. The molecule has 9 heteroatoms. The van der Waals surface area contributed by atoms with Crippen molar-refractivity contribution in [2.75, 3.05) is 45.1 Å². The molecule has 2 aliphatic rings. The fraction of sp³-hybridized carbons (Fsp3) is 0.391. The molecule has 2 aromatic carbocycles. The van der Waals surface area contributed by atoms with Gasteiger partial charge in [-0.25, -0.2) is 8.42 Å². The minimum atomic E-state index is -3.66. The number of aliphatic imine (C=N–C) groups is 1. The van der Waals surface area contributed by atoms with Crippen LogP contribution in [0.4, 0.5) is 0 Å². The van der Waals surface area contributed by atoms with Crippen LogP contribution in [0.3, 0.4) is 0 Å². The Balaban J connectivity index is 1.50. The van der Waals surface area contributed by atoms with Crippen LogP contribution in [0, 0.1) is 0 Å². The lowest BCUT2D eigenvalue weighted by Gasteiger charge is -2.28. The zero-order chi connectivity index (χ0) is 22.4. The van der Waals surface area contributed by atoms with E-state index < -0.39 is 10.0 Å². The van der Waals surface area contributed by atoms with Crippen LogP contribution in [0.1, 0.15) is 22.3 Å². The average Bonchev–Trinajstić information content (AvgIpc) is 2.85. The molecule has 0 bridgehead atoms. The maximum absolute atomic E-state index is 13.3. The molecule has 0 N–H and O–H groups in total. The van der Waals surface area contributed by atoms with Gasteiger partial charge < -0.3 is 4.74 Å². The van der Waals surface area contributed by atoms with Gasteiger partial charge in [0, 0.05) is 37.5 Å². The Morgan fingerprint density at radius 2 is 1.81 bits per heavy atom. The topological polar surface area (TPSA) is 79.3 Å². The molecule has 0 aromatic heterocycles. The van der Waals surface area contributed by atoms with Crippen molar-refractivity contribution in [1.82, 2.24) is 9.21 Å². The fourth-order valence-electron chi connectivity index (χ4n) is 3.69. The summed E-state index contributed by atoms with van der Waals surface area (Å²) in [7, 11) is -3.66. The molecule has 0 unspecified atom stereocenters. The van der Waals surface area contributed by atoms with Gasteiger partial charge in [0.05, 0.1) is 18.1 Å². The molecule has 1 amide bonds. The lowest BCUT2D eigenvalue weighted by atomic mass is 10.2. The number of hydrogen-bond donors (Lipinski definition) is 0. The molecule has 2 heterocycles. The van der Waals surface area contributed by atoms with E-state index in [0.29, 0.717) is 50.1 Å². The van der Waals surface area contributed by atoms with Crippen LogP contribution >= 0.6 is 11.8 Å². The van der Waals surface area contributed by atoms with Gasteiger partial charge in [0.25, 0.3) is 5.91 Å². The minimum absolute atomic E-state index is 0.137. The molecule has 4 rings (SSSR count). The summed E-state index contributed by atoms with van der Waals surface area (Å²) in [5.41, 5.74) is 1.56. The van der Waals surface area contributed by atoms with Crippen molar-refractivity contribution >= 4 is 32.9 Å². The van der Waals surface area contributed by atoms with E-state index in [2.05, 4.69) is 12.1 Å². The van der Waals surface area contributed by atoms with Crippen molar-refractivity contribution in [2.24, 2.45) is 4.99 Å². The second-order valence-corrected chi connectivity index (χ2v) is 10.6. The molecule has 0 spiro atoms. The largest absolute Gasteiger partial charge is 0.379 e. The summed E-state index contributed by atoms with van der Waals surface area (Å²) in [6.45, 7) is 2.58. The fourth-order valence-corrected chi connectivity index (χ4v) is 6.11. The molecule has 0 atom stereocenters. The predicted octanol–water partition coefficient (Wildman–Crippen LogP) is 2.89. The van der Waals surface area contributed by atoms with E-state index in [0.717, 1.165) is 18.6 Å². The maximum Gasteiger partial charge on any atom is 0.259 e. The number of sulfonamides is 1. The number of amides is 1. The number of thioether (sulfide) groups is 1. The zero-order valence-electron chi connectivity index (χ0n) is 17.9. The van der Waals surface area contributed by atoms with Gasteiger partial charge in [-0.1, -0.05) is 48.2 Å². The van der Waals surface area contributed by atoms with Crippen LogP contribution in [-0.2, 0) is 21.2 Å². The average molecular weight is 474 g/mol. The van der Waals surface area contributed by atoms with Crippen molar-refractivity contribution in [1.29, 1.82) is 0 Å². The number of benzene rings is 2. The standard InChI is InChI=1S/C23H27N3O4S2/c27-22(20-8-4-9-21(18-20)32(28,29)25-13-15-30-16-14-25)26-12-5-17-31-23(26)24-11-10-19-6-2-1-3-7-19/h1-4,6-9,18H,5,10-17H2. The summed E-state index contributed by atoms with van der Waals surface area (Å²) in [4.78, 5) is 19.8. The van der Waals surface area contributed by atoms with E-state index in [-0.39, 0.29) is 10.8 Å². The Hall–Kier alpha value is -2.20. The molecule has 2 fully saturated rings. The van der Waals surface area contributed by atoms with Gasteiger partial charge >= 0.3 is 0 Å². The van der Waals surface area contributed by atoms with E-state index in [1.807, 2.05) is 18.2 Å². The van der Waals surface area contributed by atoms with Gasteiger partial charge in [-0.2, -0.15) is 4.31 Å². The Bertz CT molecular complexity index is 1070. The van der Waals surface area contributed by atoms with Crippen LogP contribution in [0.2, 0.25) is 0 Å². The van der Waals surface area contributed by atoms with E-state index >= 15 is 0 Å². The predicted molar refractivity (Wildman–Crippen MR) is 127 cm³/mol. The third-order valence-electron chi connectivity index (χ3n) is 5.41. The highest BCUT2D eigenvalue weighted by atomic mass is 32.2. The van der Waals surface area contributed by atoms with E-state index in [1.165, 1.54) is 15.9 Å². The number of amidine groups is 1. The van der Waals surface area contributed by atoms with Gasteiger partial charge in [-0.15, -0.1) is 0 Å². The van der Waals surface area contributed by atoms with Crippen molar-refractivity contribution < 1.29 is 17.9 Å². The molecular formula is C23H27N3O4S2. The van der Waals surface area contributed by atoms with Crippen molar-refractivity contribution in [3.8, 4) is 0 Å². The molecule has 2 aliphatic heterocycles. The minimum Gasteiger partial charge on any atom is -0.379 e. The van der Waals surface area contributed by atoms with Gasteiger partial charge in [0.1, 0.15) is 0 Å². The first-order chi connectivity index (χ1) is 15.6. The van der Waals surface area contributed by atoms with Crippen LogP contribution in [0.25, 0.3) is 0 Å². The van der Waals surface area contributed by atoms with Crippen LogP contribution in [0.15, 0.2) is 64.5 Å². The van der Waals surface area contributed by atoms with Gasteiger partial charge in [0.15, 0.2) is 5.17 Å². The normalized spacial score (nSPS) is 19.2. The van der Waals surface area contributed by atoms with Gasteiger partial charge in [-0.3, -0.25) is 14.7 Å². The summed E-state index contributed by atoms with van der Waals surface area (Å²) in [6, 6.07) is 16.5. The first kappa shape index (κ1) is 23.0. The number of hydrogen-bond acceptors (Lipinski definition) is 6. The zero-order valence-corrected chi connectivity index (χ0v) is 19.5. The van der Waals surface area contributed by atoms with Crippen molar-refractivity contribution in [3.63, 3.8) is 0 Å². The molecule has 0 aliphatic carbocycles. The molecule has 32 heavy (non-hydrogen) atoms. The Labute approximate surface area is 193 Å². The quantitative estimate of drug-likeness (QED) is 0.645. The highest BCUT2D eigenvalue weighted by Gasteiger charge is 2.29. The summed E-state index contributed by atoms with van der Waals surface area (Å²) in [5, 5.41) is 0.707. The van der Waals surface area contributed by atoms with Crippen molar-refractivity contribution in [3.05, 3.63) is 65.7 Å². The molecule has 170 valence electrons. The highest BCUT2D eigenvalue weighted by Crippen LogP contribution is 2.23. The number of morpholine rings is 1. The second kappa shape index (κ2) is 10.6. The molecule has 2 saturated heterocycles. The second-order valence-electron chi connectivity index (χ2n) is 7.60. The number of nitrogens with zero attached hydrogens (tertiary/aromatic N) is 3. The first-order valence-corrected chi connectivity index (χ1v) is 13.2. The molecule has 2 aromatic rings. The van der Waals surface area contributed by atoms with Crippen molar-refractivity contribution in [2.45, 2.75) is 17.7 Å². The summed E-state index contributed by atoms with van der Waals surface area (Å²) >= 11 is 1.58. The number of rotatable bonds is 6. The van der Waals surface area contributed by atoms with E-state index in [1.54, 1.807) is 34.9 Å².